The zero-order valence-corrected chi connectivity index (χ0v) is 23.6. The van der Waals surface area contributed by atoms with Crippen LogP contribution in [0.1, 0.15) is 70.9 Å². The van der Waals surface area contributed by atoms with E-state index in [4.69, 9.17) is 14.2 Å². The smallest absolute Gasteiger partial charge is 0.336 e. The number of nitrogens with zero attached hydrogens (tertiary/aromatic N) is 1. The van der Waals surface area contributed by atoms with Gasteiger partial charge in [0.05, 0.1) is 11.0 Å². The highest BCUT2D eigenvalue weighted by molar-refractivity contribution is 5.85. The number of piperidine rings is 1. The Morgan fingerprint density at radius 1 is 1.29 bits per heavy atom. The third-order valence-electron chi connectivity index (χ3n) is 10.3. The first-order chi connectivity index (χ1) is 18.1. The predicted molar refractivity (Wildman–Crippen MR) is 147 cm³/mol. The molecule has 4 aliphatic carbocycles. The second-order valence-corrected chi connectivity index (χ2v) is 12.6. The number of carbonyl (C=O) groups excluding carboxylic acids is 1. The highest BCUT2D eigenvalue weighted by Crippen LogP contribution is 2.75. The number of fused-ring (bicyclic) bond motifs is 1. The van der Waals surface area contributed by atoms with E-state index in [2.05, 4.69) is 31.0 Å². The fourth-order valence-corrected chi connectivity index (χ4v) is 8.89. The van der Waals surface area contributed by atoms with Gasteiger partial charge < -0.3 is 24.2 Å². The summed E-state index contributed by atoms with van der Waals surface area (Å²) in [6.07, 6.45) is 12.4. The lowest BCUT2D eigenvalue weighted by molar-refractivity contribution is -0.203. The van der Waals surface area contributed by atoms with Gasteiger partial charge in [0, 0.05) is 30.2 Å². The summed E-state index contributed by atoms with van der Waals surface area (Å²) in [7, 11) is 4.00. The molecule has 1 saturated carbocycles. The molecule has 0 aromatic heterocycles. The number of methoxy groups -OCH3 is 1. The molecule has 4 bridgehead atoms. The number of likely N-dealkylation sites (tertiary alicyclic amines) is 1. The Morgan fingerprint density at radius 2 is 2.08 bits per heavy atom. The first-order valence-corrected chi connectivity index (χ1v) is 14.1. The summed E-state index contributed by atoms with van der Waals surface area (Å²) in [5, 5.41) is 11.8. The molecule has 1 saturated heterocycles. The highest BCUT2D eigenvalue weighted by Gasteiger charge is 2.79. The van der Waals surface area contributed by atoms with Crippen molar-refractivity contribution in [1.82, 2.24) is 4.90 Å². The lowest BCUT2D eigenvalue weighted by Gasteiger charge is -2.71. The first kappa shape index (κ1) is 25.8. The van der Waals surface area contributed by atoms with Gasteiger partial charge in [-0.25, -0.2) is 4.79 Å². The van der Waals surface area contributed by atoms with E-state index >= 15 is 0 Å². The molecule has 0 amide bonds. The van der Waals surface area contributed by atoms with E-state index in [-0.39, 0.29) is 16.9 Å². The Kier molecular flexibility index (Phi) is 5.81. The van der Waals surface area contributed by atoms with Crippen LogP contribution in [-0.4, -0.2) is 60.0 Å². The maximum atomic E-state index is 12.8. The molecule has 2 fully saturated rings. The van der Waals surface area contributed by atoms with Crippen LogP contribution in [0.25, 0.3) is 0 Å². The minimum atomic E-state index is -0.990. The Morgan fingerprint density at radius 3 is 2.79 bits per heavy atom. The van der Waals surface area contributed by atoms with Crippen LogP contribution in [0.3, 0.4) is 0 Å². The van der Waals surface area contributed by atoms with E-state index in [1.807, 2.05) is 32.9 Å². The summed E-state index contributed by atoms with van der Waals surface area (Å²) in [5.41, 5.74) is 2.37. The van der Waals surface area contributed by atoms with Gasteiger partial charge in [-0.15, -0.1) is 0 Å². The standard InChI is InChI=1S/C32H41NO5/c1-7-13-29(4,35)23-19-30-14-15-32(23,36-6)28-31(30)16-17-33(5)24(30)18-21-11-12-22(27(38-28)26(21)31)37-25(34)10-8-9-20(2)3/h8-12,19,24,28,35H,7,13-18H2,1-6H3/b10-8+/t24-,28-,29?,30+,31+,32+/m1/s1. The van der Waals surface area contributed by atoms with Gasteiger partial charge in [-0.1, -0.05) is 43.2 Å². The van der Waals surface area contributed by atoms with Gasteiger partial charge >= 0.3 is 5.97 Å². The monoisotopic (exact) mass is 519 g/mol. The maximum absolute atomic E-state index is 12.8. The second kappa shape index (κ2) is 8.54. The van der Waals surface area contributed by atoms with E-state index < -0.39 is 17.2 Å². The van der Waals surface area contributed by atoms with E-state index in [1.165, 1.54) is 17.2 Å². The fourth-order valence-electron chi connectivity index (χ4n) is 8.89. The first-order valence-electron chi connectivity index (χ1n) is 14.1. The summed E-state index contributed by atoms with van der Waals surface area (Å²) in [6, 6.07) is 4.34. The van der Waals surface area contributed by atoms with Crippen molar-refractivity contribution < 1.29 is 24.1 Å². The van der Waals surface area contributed by atoms with Gasteiger partial charge in [0.1, 0.15) is 11.7 Å². The zero-order chi connectivity index (χ0) is 27.1. The predicted octanol–water partition coefficient (Wildman–Crippen LogP) is 5.03. The van der Waals surface area contributed by atoms with Crippen molar-refractivity contribution in [3.8, 4) is 11.5 Å². The van der Waals surface area contributed by atoms with E-state index in [1.54, 1.807) is 13.2 Å². The Bertz CT molecular complexity index is 1270. The number of carbonyl (C=O) groups is 1. The molecule has 1 aromatic rings. The molecule has 38 heavy (non-hydrogen) atoms. The maximum Gasteiger partial charge on any atom is 0.336 e. The molecule has 1 aromatic carbocycles. The van der Waals surface area contributed by atoms with E-state index in [0.29, 0.717) is 24.0 Å². The summed E-state index contributed by atoms with van der Waals surface area (Å²) >= 11 is 0. The van der Waals surface area contributed by atoms with Crippen molar-refractivity contribution in [3.05, 3.63) is 58.7 Å². The minimum absolute atomic E-state index is 0.178. The largest absolute Gasteiger partial charge is 0.482 e. The van der Waals surface area contributed by atoms with Crippen molar-refractivity contribution in [2.45, 2.75) is 95.0 Å². The van der Waals surface area contributed by atoms with Gasteiger partial charge in [-0.05, 0) is 83.7 Å². The van der Waals surface area contributed by atoms with Gasteiger partial charge in [-0.3, -0.25) is 0 Å². The van der Waals surface area contributed by atoms with Crippen molar-refractivity contribution in [2.75, 3.05) is 20.7 Å². The lowest BCUT2D eigenvalue weighted by atomic mass is 9.37. The molecule has 7 rings (SSSR count). The number of ether oxygens (including phenoxy) is 3. The third kappa shape index (κ3) is 3.14. The van der Waals surface area contributed by atoms with Crippen LogP contribution in [-0.2, 0) is 21.4 Å². The van der Waals surface area contributed by atoms with Gasteiger partial charge in [0.25, 0.3) is 0 Å². The molecule has 204 valence electrons. The van der Waals surface area contributed by atoms with Gasteiger partial charge in [0.2, 0.25) is 0 Å². The molecule has 2 heterocycles. The molecular weight excluding hydrogens is 478 g/mol. The van der Waals surface area contributed by atoms with Crippen molar-refractivity contribution >= 4 is 5.97 Å². The number of allylic oxidation sites excluding steroid dienone is 3. The minimum Gasteiger partial charge on any atom is -0.482 e. The summed E-state index contributed by atoms with van der Waals surface area (Å²) < 4.78 is 19.4. The molecule has 0 radical (unpaired) electrons. The molecule has 2 spiro atoms. The molecule has 6 heteroatoms. The van der Waals surface area contributed by atoms with Crippen molar-refractivity contribution in [1.29, 1.82) is 0 Å². The Hall–Kier alpha value is -2.41. The quantitative estimate of drug-likeness (QED) is 0.179. The van der Waals surface area contributed by atoms with E-state index in [9.17, 15) is 9.90 Å². The van der Waals surface area contributed by atoms with Crippen LogP contribution in [0, 0.1) is 5.41 Å². The van der Waals surface area contributed by atoms with Gasteiger partial charge in [-0.2, -0.15) is 0 Å². The van der Waals surface area contributed by atoms with Crippen molar-refractivity contribution in [3.63, 3.8) is 0 Å². The molecule has 6 nitrogen and oxygen atoms in total. The third-order valence-corrected chi connectivity index (χ3v) is 10.3. The molecule has 6 aliphatic rings. The zero-order valence-electron chi connectivity index (χ0n) is 23.6. The second-order valence-electron chi connectivity index (χ2n) is 12.6. The number of hydrogen-bond donors (Lipinski definition) is 1. The number of hydrogen-bond acceptors (Lipinski definition) is 6. The summed E-state index contributed by atoms with van der Waals surface area (Å²) in [5.74, 6) is 0.743. The van der Waals surface area contributed by atoms with Crippen LogP contribution in [0.2, 0.25) is 0 Å². The SMILES string of the molecule is CCCC(C)(O)C1=C[C@]23CC[C@@]1(OC)[C@@H]1Oc4c(OC(=O)/C=C/C=C(C)C)ccc5c4[C@@]12CCN(C)[C@@H]3C5. The normalized spacial score (nSPS) is 35.8. The van der Waals surface area contributed by atoms with Crippen LogP contribution >= 0.6 is 0 Å². The topological polar surface area (TPSA) is 68.2 Å². The van der Waals surface area contributed by atoms with Crippen LogP contribution < -0.4 is 9.47 Å². The molecule has 1 unspecified atom stereocenters. The Labute approximate surface area is 226 Å². The van der Waals surface area contributed by atoms with E-state index in [0.717, 1.165) is 49.8 Å². The number of benzene rings is 1. The van der Waals surface area contributed by atoms with Crippen LogP contribution in [0.4, 0.5) is 0 Å². The number of likely N-dealkylation sites (N-methyl/N-ethyl adjacent to an activating group) is 1. The fraction of sp³-hybridized carbons (Fsp3) is 0.594. The van der Waals surface area contributed by atoms with Crippen LogP contribution in [0.15, 0.2) is 47.6 Å². The Balaban J connectivity index is 1.53. The number of rotatable bonds is 7. The molecule has 2 aliphatic heterocycles. The molecule has 1 N–H and O–H groups in total. The summed E-state index contributed by atoms with van der Waals surface area (Å²) in [6.45, 7) is 8.99. The molecule has 6 atom stereocenters. The van der Waals surface area contributed by atoms with Crippen molar-refractivity contribution in [2.24, 2.45) is 5.41 Å². The average Bonchev–Trinajstić information content (AvgIpc) is 3.24. The number of aliphatic hydroxyl groups is 1. The number of esters is 1. The average molecular weight is 520 g/mol. The lowest BCUT2D eigenvalue weighted by Crippen LogP contribution is -2.78. The van der Waals surface area contributed by atoms with Crippen LogP contribution in [0.5, 0.6) is 11.5 Å². The summed E-state index contributed by atoms with van der Waals surface area (Å²) in [4.78, 5) is 15.3. The highest BCUT2D eigenvalue weighted by atomic mass is 16.6. The molecular formula is C32H41NO5. The van der Waals surface area contributed by atoms with Gasteiger partial charge in [0.15, 0.2) is 11.5 Å².